The van der Waals surface area contributed by atoms with Gasteiger partial charge in [-0.2, -0.15) is 0 Å². The minimum absolute atomic E-state index is 0. The highest BCUT2D eigenvalue weighted by atomic mass is 35.5. The lowest BCUT2D eigenvalue weighted by Gasteiger charge is -2.29. The number of pyridine rings is 1. The average molecular weight is 411 g/mol. The van der Waals surface area contributed by atoms with Crippen molar-refractivity contribution >= 4 is 18.3 Å². The number of aryl methyl sites for hydroxylation is 1. The van der Waals surface area contributed by atoms with Gasteiger partial charge in [-0.25, -0.2) is 9.37 Å². The number of carbonyl (C=O) groups is 1. The summed E-state index contributed by atoms with van der Waals surface area (Å²) in [6.07, 6.45) is -1.16. The molecular weight excluding hydrogens is 387 g/mol. The molecule has 6 nitrogen and oxygen atoms in total. The number of carbonyl (C=O) groups excluding carboxylic acids is 1. The number of hydrogen-bond acceptors (Lipinski definition) is 5. The van der Waals surface area contributed by atoms with Gasteiger partial charge < -0.3 is 20.3 Å². The van der Waals surface area contributed by atoms with Crippen LogP contribution in [0, 0.1) is 18.2 Å². The molecule has 1 fully saturated rings. The lowest BCUT2D eigenvalue weighted by molar-refractivity contribution is 0.0438. The monoisotopic (exact) mass is 410 g/mol. The molecule has 0 spiro atoms. The lowest BCUT2D eigenvalue weighted by atomic mass is 9.86. The summed E-state index contributed by atoms with van der Waals surface area (Å²) in [4.78, 5) is 16.6. The van der Waals surface area contributed by atoms with Crippen molar-refractivity contribution < 1.29 is 24.1 Å². The van der Waals surface area contributed by atoms with Crippen LogP contribution in [0.25, 0.3) is 0 Å². The number of halogens is 2. The number of hydrogen-bond donors (Lipinski definition) is 3. The van der Waals surface area contributed by atoms with Gasteiger partial charge in [0.15, 0.2) is 0 Å². The summed E-state index contributed by atoms with van der Waals surface area (Å²) in [5.74, 6) is -0.307. The van der Waals surface area contributed by atoms with Gasteiger partial charge in [-0.05, 0) is 50.1 Å². The number of benzene rings is 1. The van der Waals surface area contributed by atoms with E-state index in [2.05, 4.69) is 10.3 Å². The van der Waals surface area contributed by atoms with E-state index in [0.717, 1.165) is 5.69 Å². The number of ether oxygens (including phenoxy) is 1. The van der Waals surface area contributed by atoms with Crippen molar-refractivity contribution in [3.63, 3.8) is 0 Å². The number of rotatable bonds is 6. The first kappa shape index (κ1) is 22.1. The molecule has 3 rings (SSSR count). The second-order valence-electron chi connectivity index (χ2n) is 7.14. The number of aromatic nitrogens is 1. The number of amides is 1. The fourth-order valence-electron chi connectivity index (χ4n) is 3.35. The molecule has 3 atom stereocenters. The number of nitrogens with zero attached hydrogens (tertiary/aromatic N) is 1. The zero-order valence-corrected chi connectivity index (χ0v) is 16.3. The highest BCUT2D eigenvalue weighted by molar-refractivity contribution is 5.94. The van der Waals surface area contributed by atoms with E-state index in [-0.39, 0.29) is 31.5 Å². The van der Waals surface area contributed by atoms with Crippen molar-refractivity contribution in [3.8, 4) is 5.88 Å². The van der Waals surface area contributed by atoms with Crippen LogP contribution in [0.5, 0.6) is 5.88 Å². The lowest BCUT2D eigenvalue weighted by Crippen LogP contribution is -2.40. The molecule has 1 amide bonds. The Hall–Kier alpha value is -2.22. The van der Waals surface area contributed by atoms with Gasteiger partial charge in [0.2, 0.25) is 5.88 Å². The summed E-state index contributed by atoms with van der Waals surface area (Å²) < 4.78 is 18.8. The van der Waals surface area contributed by atoms with Gasteiger partial charge in [0.05, 0.1) is 18.8 Å². The minimum atomic E-state index is -0.873. The van der Waals surface area contributed by atoms with Crippen molar-refractivity contribution in [1.82, 2.24) is 10.3 Å². The second-order valence-corrected chi connectivity index (χ2v) is 7.14. The van der Waals surface area contributed by atoms with Gasteiger partial charge in [-0.3, -0.25) is 4.79 Å². The molecule has 3 N–H and O–H groups in total. The third kappa shape index (κ3) is 5.41. The third-order valence-electron chi connectivity index (χ3n) is 4.85. The summed E-state index contributed by atoms with van der Waals surface area (Å²) in [6.45, 7) is 2.26. The fourth-order valence-corrected chi connectivity index (χ4v) is 3.35. The van der Waals surface area contributed by atoms with Gasteiger partial charge in [-0.1, -0.05) is 6.07 Å². The maximum absolute atomic E-state index is 13.0. The van der Waals surface area contributed by atoms with Gasteiger partial charge >= 0.3 is 0 Å². The Morgan fingerprint density at radius 2 is 1.86 bits per heavy atom. The van der Waals surface area contributed by atoms with Crippen LogP contribution in [0.1, 0.15) is 28.9 Å². The first-order chi connectivity index (χ1) is 12.9. The Kier molecular flexibility index (Phi) is 7.35. The van der Waals surface area contributed by atoms with E-state index in [9.17, 15) is 19.4 Å². The Bertz CT molecular complexity index is 793. The van der Waals surface area contributed by atoms with Crippen LogP contribution >= 0.6 is 12.4 Å². The number of aliphatic hydroxyl groups is 2. The molecule has 1 saturated carbocycles. The van der Waals surface area contributed by atoms with Crippen LogP contribution in [-0.4, -0.2) is 46.5 Å². The molecule has 1 aromatic heterocycles. The Labute approximate surface area is 169 Å². The Morgan fingerprint density at radius 1 is 1.21 bits per heavy atom. The summed E-state index contributed by atoms with van der Waals surface area (Å²) in [5.41, 5.74) is 0.532. The number of nitrogens with one attached hydrogen (secondary N) is 1. The molecule has 152 valence electrons. The molecule has 2 aromatic rings. The molecular formula is C20H24ClFN2O4. The van der Waals surface area contributed by atoms with Gasteiger partial charge in [0, 0.05) is 29.3 Å². The topological polar surface area (TPSA) is 91.7 Å². The van der Waals surface area contributed by atoms with Crippen molar-refractivity contribution in [3.05, 3.63) is 59.5 Å². The van der Waals surface area contributed by atoms with E-state index < -0.39 is 23.4 Å². The smallest absolute Gasteiger partial charge is 0.251 e. The van der Waals surface area contributed by atoms with Crippen LogP contribution in [0.15, 0.2) is 42.5 Å². The second kappa shape index (κ2) is 9.32. The van der Waals surface area contributed by atoms with E-state index in [1.54, 1.807) is 6.07 Å². The first-order valence-corrected chi connectivity index (χ1v) is 8.83. The van der Waals surface area contributed by atoms with Crippen LogP contribution in [0.2, 0.25) is 0 Å². The molecule has 1 aliphatic carbocycles. The van der Waals surface area contributed by atoms with E-state index in [1.165, 1.54) is 24.3 Å². The zero-order chi connectivity index (χ0) is 19.4. The maximum atomic E-state index is 13.0. The van der Waals surface area contributed by atoms with Crippen molar-refractivity contribution in [2.75, 3.05) is 13.2 Å². The standard InChI is InChI=1S/C20H23FN2O4.ClH/c1-13-3-2-4-18(23-13)27-12-20(9-16(24)17(25)10-20)11-22-19(26)14-5-7-15(21)8-6-14;/h2-8,16-17,24-25H,9-12H2,1H3,(H,22,26);1H/t16-,17+,20?;. The van der Waals surface area contributed by atoms with Crippen LogP contribution in [0.3, 0.4) is 0 Å². The largest absolute Gasteiger partial charge is 0.477 e. The molecule has 1 aromatic carbocycles. The van der Waals surface area contributed by atoms with Crippen molar-refractivity contribution in [2.45, 2.75) is 32.0 Å². The van der Waals surface area contributed by atoms with Gasteiger partial charge in [0.25, 0.3) is 5.91 Å². The molecule has 1 heterocycles. The normalized spacial score (nSPS) is 23.7. The quantitative estimate of drug-likeness (QED) is 0.679. The summed E-state index contributed by atoms with van der Waals surface area (Å²) in [6, 6.07) is 10.7. The third-order valence-corrected chi connectivity index (χ3v) is 4.85. The van der Waals surface area contributed by atoms with Crippen LogP contribution in [0.4, 0.5) is 4.39 Å². The van der Waals surface area contributed by atoms with Gasteiger partial charge in [0.1, 0.15) is 5.82 Å². The highest BCUT2D eigenvalue weighted by Gasteiger charge is 2.45. The van der Waals surface area contributed by atoms with E-state index >= 15 is 0 Å². The van der Waals surface area contributed by atoms with Crippen LogP contribution in [-0.2, 0) is 0 Å². The highest BCUT2D eigenvalue weighted by Crippen LogP contribution is 2.38. The summed E-state index contributed by atoms with van der Waals surface area (Å²) in [5, 5.41) is 22.8. The van der Waals surface area contributed by atoms with Crippen molar-refractivity contribution in [1.29, 1.82) is 0 Å². The predicted octanol–water partition coefficient (Wildman–Crippen LogP) is 2.26. The summed E-state index contributed by atoms with van der Waals surface area (Å²) in [7, 11) is 0. The van der Waals surface area contributed by atoms with Crippen molar-refractivity contribution in [2.24, 2.45) is 5.41 Å². The minimum Gasteiger partial charge on any atom is -0.477 e. The molecule has 0 bridgehead atoms. The van der Waals surface area contributed by atoms with E-state index in [0.29, 0.717) is 24.3 Å². The number of aliphatic hydroxyl groups excluding tert-OH is 2. The average Bonchev–Trinajstić information content (AvgIpc) is 2.93. The predicted molar refractivity (Wildman–Crippen MR) is 104 cm³/mol. The van der Waals surface area contributed by atoms with Gasteiger partial charge in [-0.15, -0.1) is 12.4 Å². The van der Waals surface area contributed by atoms with E-state index in [4.69, 9.17) is 4.74 Å². The molecule has 0 saturated heterocycles. The van der Waals surface area contributed by atoms with Crippen LogP contribution < -0.4 is 10.1 Å². The zero-order valence-electron chi connectivity index (χ0n) is 15.5. The molecule has 0 aliphatic heterocycles. The molecule has 0 radical (unpaired) electrons. The molecule has 28 heavy (non-hydrogen) atoms. The summed E-state index contributed by atoms with van der Waals surface area (Å²) >= 11 is 0. The maximum Gasteiger partial charge on any atom is 0.251 e. The molecule has 8 heteroatoms. The fraction of sp³-hybridized carbons (Fsp3) is 0.400. The first-order valence-electron chi connectivity index (χ1n) is 8.83. The Morgan fingerprint density at radius 3 is 2.46 bits per heavy atom. The molecule has 1 aliphatic rings. The SMILES string of the molecule is Cc1cccc(OCC2(CNC(=O)c3ccc(F)cc3)C[C@@H](O)[C@@H](O)C2)n1.Cl. The molecule has 1 unspecified atom stereocenters. The van der Waals surface area contributed by atoms with E-state index in [1.807, 2.05) is 19.1 Å². The Balaban J connectivity index is 0.00000280.